The van der Waals surface area contributed by atoms with Gasteiger partial charge in [-0.3, -0.25) is 4.79 Å². The molecule has 2 saturated carbocycles. The maximum Gasteiger partial charge on any atom is 0.341 e. The standard InChI is InChI=1S/C20H21F2N3O3/c21-14-6-11-17(25(10-1-2-10)8-13(19(11)26)20(27)28)16(22)18(14)24-4-3-9-5-15(23)12(9)7-24/h6,8-10,12,15H,1-5,7,23H2,(H,27,28)/t9-,12-,15+/m0/s1. The van der Waals surface area contributed by atoms with Crippen molar-refractivity contribution in [2.75, 3.05) is 18.0 Å². The summed E-state index contributed by atoms with van der Waals surface area (Å²) in [5, 5.41) is 9.09. The molecule has 0 radical (unpaired) electrons. The van der Waals surface area contributed by atoms with Crippen LogP contribution in [-0.2, 0) is 0 Å². The molecule has 2 aliphatic carbocycles. The van der Waals surface area contributed by atoms with Gasteiger partial charge in [0, 0.05) is 31.4 Å². The lowest BCUT2D eigenvalue weighted by Gasteiger charge is -2.50. The van der Waals surface area contributed by atoms with Gasteiger partial charge in [-0.1, -0.05) is 0 Å². The maximum absolute atomic E-state index is 15.6. The Kier molecular flexibility index (Phi) is 3.78. The summed E-state index contributed by atoms with van der Waals surface area (Å²) in [6, 6.07) is 0.982. The molecule has 3 N–H and O–H groups in total. The summed E-state index contributed by atoms with van der Waals surface area (Å²) in [5.74, 6) is -2.28. The van der Waals surface area contributed by atoms with Crippen molar-refractivity contribution in [3.63, 3.8) is 0 Å². The van der Waals surface area contributed by atoms with Crippen molar-refractivity contribution in [3.05, 3.63) is 39.7 Å². The number of rotatable bonds is 3. The highest BCUT2D eigenvalue weighted by atomic mass is 19.1. The number of pyridine rings is 1. The van der Waals surface area contributed by atoms with E-state index in [1.165, 1.54) is 10.8 Å². The first kappa shape index (κ1) is 17.6. The number of carboxylic acids is 1. The highest BCUT2D eigenvalue weighted by Gasteiger charge is 2.43. The number of halogens is 2. The Morgan fingerprint density at radius 2 is 2.00 bits per heavy atom. The number of carbonyl (C=O) groups is 1. The molecule has 6 nitrogen and oxygen atoms in total. The number of aromatic nitrogens is 1. The van der Waals surface area contributed by atoms with Crippen molar-refractivity contribution in [1.29, 1.82) is 0 Å². The Balaban J connectivity index is 1.70. The number of anilines is 1. The molecule has 8 heteroatoms. The quantitative estimate of drug-likeness (QED) is 0.842. The summed E-state index contributed by atoms with van der Waals surface area (Å²) in [7, 11) is 0. The summed E-state index contributed by atoms with van der Waals surface area (Å²) in [6.07, 6.45) is 4.53. The molecule has 0 spiro atoms. The van der Waals surface area contributed by atoms with Crippen molar-refractivity contribution >= 4 is 22.6 Å². The molecule has 148 valence electrons. The summed E-state index contributed by atoms with van der Waals surface area (Å²) < 4.78 is 32.1. The number of benzene rings is 1. The van der Waals surface area contributed by atoms with Crippen LogP contribution in [0.1, 0.15) is 42.1 Å². The van der Waals surface area contributed by atoms with Crippen LogP contribution in [0.15, 0.2) is 17.1 Å². The van der Waals surface area contributed by atoms with Gasteiger partial charge in [0.15, 0.2) is 5.82 Å². The van der Waals surface area contributed by atoms with E-state index in [4.69, 9.17) is 5.73 Å². The van der Waals surface area contributed by atoms with Crippen molar-refractivity contribution in [3.8, 4) is 0 Å². The van der Waals surface area contributed by atoms with Crippen LogP contribution >= 0.6 is 0 Å². The Bertz CT molecular complexity index is 1060. The molecule has 1 saturated heterocycles. The molecule has 2 heterocycles. The van der Waals surface area contributed by atoms with E-state index < -0.39 is 28.6 Å². The van der Waals surface area contributed by atoms with E-state index in [1.807, 2.05) is 0 Å². The van der Waals surface area contributed by atoms with Gasteiger partial charge in [0.05, 0.1) is 10.9 Å². The van der Waals surface area contributed by atoms with Gasteiger partial charge < -0.3 is 20.3 Å². The van der Waals surface area contributed by atoms with Crippen LogP contribution in [0.2, 0.25) is 0 Å². The molecule has 0 amide bonds. The normalized spacial score (nSPS) is 26.8. The Hall–Kier alpha value is -2.48. The lowest BCUT2D eigenvalue weighted by Crippen LogP contribution is -2.57. The van der Waals surface area contributed by atoms with E-state index in [9.17, 15) is 19.1 Å². The smallest absolute Gasteiger partial charge is 0.341 e. The predicted molar refractivity (Wildman–Crippen MR) is 99.8 cm³/mol. The van der Waals surface area contributed by atoms with Crippen LogP contribution in [0, 0.1) is 23.5 Å². The molecular weight excluding hydrogens is 368 g/mol. The third-order valence-corrected chi connectivity index (χ3v) is 6.60. The van der Waals surface area contributed by atoms with Crippen molar-refractivity contribution in [2.45, 2.75) is 37.8 Å². The third-order valence-electron chi connectivity index (χ3n) is 6.60. The number of fused-ring (bicyclic) bond motifs is 2. The first-order valence-electron chi connectivity index (χ1n) is 9.67. The van der Waals surface area contributed by atoms with Crippen molar-refractivity contribution in [2.24, 2.45) is 17.6 Å². The van der Waals surface area contributed by atoms with Crippen LogP contribution in [0.3, 0.4) is 0 Å². The van der Waals surface area contributed by atoms with Crippen LogP contribution in [0.5, 0.6) is 0 Å². The molecule has 1 aromatic heterocycles. The molecule has 3 atom stereocenters. The summed E-state index contributed by atoms with van der Waals surface area (Å²) >= 11 is 0. The van der Waals surface area contributed by atoms with Crippen LogP contribution < -0.4 is 16.1 Å². The minimum Gasteiger partial charge on any atom is -0.477 e. The van der Waals surface area contributed by atoms with Crippen LogP contribution in [0.25, 0.3) is 10.9 Å². The van der Waals surface area contributed by atoms with E-state index in [2.05, 4.69) is 0 Å². The number of hydrogen-bond acceptors (Lipinski definition) is 4. The lowest BCUT2D eigenvalue weighted by molar-refractivity contribution is 0.0695. The molecule has 3 aliphatic rings. The van der Waals surface area contributed by atoms with Gasteiger partial charge in [0.2, 0.25) is 5.43 Å². The van der Waals surface area contributed by atoms with Crippen molar-refractivity contribution in [1.82, 2.24) is 4.57 Å². The summed E-state index contributed by atoms with van der Waals surface area (Å²) in [5.41, 5.74) is 4.60. The monoisotopic (exact) mass is 389 g/mol. The fourth-order valence-electron chi connectivity index (χ4n) is 4.85. The molecule has 1 aromatic carbocycles. The average Bonchev–Trinajstić information content (AvgIpc) is 3.47. The molecule has 5 rings (SSSR count). The molecule has 0 unspecified atom stereocenters. The van der Waals surface area contributed by atoms with E-state index in [-0.39, 0.29) is 34.6 Å². The van der Waals surface area contributed by atoms with Crippen LogP contribution in [0.4, 0.5) is 14.5 Å². The fourth-order valence-corrected chi connectivity index (χ4v) is 4.85. The molecule has 0 bridgehead atoms. The topological polar surface area (TPSA) is 88.6 Å². The Morgan fingerprint density at radius 1 is 1.25 bits per heavy atom. The number of aromatic carboxylic acids is 1. The minimum absolute atomic E-state index is 0.00562. The van der Waals surface area contributed by atoms with E-state index in [1.54, 1.807) is 4.90 Å². The molecule has 28 heavy (non-hydrogen) atoms. The summed E-state index contributed by atoms with van der Waals surface area (Å²) in [4.78, 5) is 25.7. The van der Waals surface area contributed by atoms with Gasteiger partial charge in [-0.05, 0) is 43.6 Å². The highest BCUT2D eigenvalue weighted by molar-refractivity contribution is 5.94. The second-order valence-corrected chi connectivity index (χ2v) is 8.29. The first-order valence-corrected chi connectivity index (χ1v) is 9.67. The number of nitrogens with zero attached hydrogens (tertiary/aromatic N) is 2. The number of nitrogens with two attached hydrogens (primary N) is 1. The first-order chi connectivity index (χ1) is 13.4. The van der Waals surface area contributed by atoms with Crippen LogP contribution in [-0.4, -0.2) is 34.8 Å². The molecule has 1 aliphatic heterocycles. The molecular formula is C20H21F2N3O3. The summed E-state index contributed by atoms with van der Waals surface area (Å²) in [6.45, 7) is 1.03. The van der Waals surface area contributed by atoms with Crippen molar-refractivity contribution < 1.29 is 18.7 Å². The minimum atomic E-state index is -1.40. The lowest BCUT2D eigenvalue weighted by atomic mass is 9.66. The second kappa shape index (κ2) is 6.01. The number of hydrogen-bond donors (Lipinski definition) is 2. The maximum atomic E-state index is 15.6. The van der Waals surface area contributed by atoms with E-state index in [0.717, 1.165) is 31.7 Å². The van der Waals surface area contributed by atoms with E-state index in [0.29, 0.717) is 19.0 Å². The highest BCUT2D eigenvalue weighted by Crippen LogP contribution is 2.43. The zero-order valence-corrected chi connectivity index (χ0v) is 15.2. The predicted octanol–water partition coefficient (Wildman–Crippen LogP) is 2.49. The number of piperidine rings is 1. The number of carboxylic acid groups (broad SMARTS) is 1. The van der Waals surface area contributed by atoms with Gasteiger partial charge in [0.25, 0.3) is 0 Å². The zero-order chi connectivity index (χ0) is 19.7. The SMILES string of the molecule is N[C@@H]1C[C@@H]2CCN(c3c(F)cc4c(=O)c(C(=O)O)cn(C5CC5)c4c3F)C[C@@H]21. The third kappa shape index (κ3) is 2.47. The Labute approximate surface area is 159 Å². The van der Waals surface area contributed by atoms with E-state index >= 15 is 4.39 Å². The second-order valence-electron chi connectivity index (χ2n) is 8.29. The van der Waals surface area contributed by atoms with Gasteiger partial charge in [-0.25, -0.2) is 13.6 Å². The largest absolute Gasteiger partial charge is 0.477 e. The van der Waals surface area contributed by atoms with Gasteiger partial charge >= 0.3 is 5.97 Å². The molecule has 2 aromatic rings. The fraction of sp³-hybridized carbons (Fsp3) is 0.500. The molecule has 3 fully saturated rings. The van der Waals surface area contributed by atoms with Gasteiger partial charge in [0.1, 0.15) is 17.1 Å². The average molecular weight is 389 g/mol. The van der Waals surface area contributed by atoms with Gasteiger partial charge in [-0.15, -0.1) is 0 Å². The van der Waals surface area contributed by atoms with Gasteiger partial charge in [-0.2, -0.15) is 0 Å². The Morgan fingerprint density at radius 3 is 2.64 bits per heavy atom. The zero-order valence-electron chi connectivity index (χ0n) is 15.2.